The maximum absolute atomic E-state index is 13.4. The van der Waals surface area contributed by atoms with Crippen molar-refractivity contribution in [3.63, 3.8) is 0 Å². The summed E-state index contributed by atoms with van der Waals surface area (Å²) in [5.74, 6) is -3.35. The van der Waals surface area contributed by atoms with E-state index in [1.807, 2.05) is 6.92 Å². The van der Waals surface area contributed by atoms with Gasteiger partial charge in [0, 0.05) is 5.56 Å². The van der Waals surface area contributed by atoms with Gasteiger partial charge in [-0.25, -0.2) is 8.78 Å². The Morgan fingerprint density at radius 1 is 1.44 bits per heavy atom. The van der Waals surface area contributed by atoms with Crippen molar-refractivity contribution in [2.45, 2.75) is 32.1 Å². The Balaban J connectivity index is 3.00. The molecule has 0 saturated heterocycles. The Morgan fingerprint density at radius 2 is 2.12 bits per heavy atom. The van der Waals surface area contributed by atoms with E-state index in [9.17, 15) is 13.6 Å². The molecule has 1 unspecified atom stereocenters. The number of unbranched alkanes of at least 4 members (excludes halogenated alkanes) is 1. The largest absolute Gasteiger partial charge is 0.481 e. The molecule has 0 aliphatic carbocycles. The second kappa shape index (κ2) is 5.58. The normalized spacial score (nSPS) is 12.4. The molecular formula is C12H14F2O2. The summed E-state index contributed by atoms with van der Waals surface area (Å²) >= 11 is 0. The van der Waals surface area contributed by atoms with Gasteiger partial charge in [-0.15, -0.1) is 0 Å². The first-order valence-corrected chi connectivity index (χ1v) is 5.24. The molecule has 1 atom stereocenters. The fourth-order valence-electron chi connectivity index (χ4n) is 1.60. The monoisotopic (exact) mass is 228 g/mol. The molecular weight excluding hydrogens is 214 g/mol. The highest BCUT2D eigenvalue weighted by atomic mass is 19.1. The summed E-state index contributed by atoms with van der Waals surface area (Å²) in [6.07, 6.45) is 1.82. The fourth-order valence-corrected chi connectivity index (χ4v) is 1.60. The van der Waals surface area contributed by atoms with Gasteiger partial charge in [0.1, 0.15) is 11.6 Å². The molecule has 0 aliphatic rings. The second-order valence-corrected chi connectivity index (χ2v) is 3.70. The summed E-state index contributed by atoms with van der Waals surface area (Å²) in [6, 6.07) is 2.91. The third kappa shape index (κ3) is 3.02. The van der Waals surface area contributed by atoms with Crippen molar-refractivity contribution >= 4 is 5.97 Å². The number of carboxylic acids is 1. The number of hydrogen-bond donors (Lipinski definition) is 1. The van der Waals surface area contributed by atoms with E-state index in [0.29, 0.717) is 12.8 Å². The predicted molar refractivity (Wildman–Crippen MR) is 56.3 cm³/mol. The quantitative estimate of drug-likeness (QED) is 0.839. The lowest BCUT2D eigenvalue weighted by molar-refractivity contribution is -0.139. The van der Waals surface area contributed by atoms with E-state index in [1.54, 1.807) is 0 Å². The molecule has 0 aliphatic heterocycles. The van der Waals surface area contributed by atoms with Crippen molar-refractivity contribution in [1.29, 1.82) is 0 Å². The molecule has 0 bridgehead atoms. The number of benzene rings is 1. The lowest BCUT2D eigenvalue weighted by atomic mass is 9.93. The SMILES string of the molecule is CCCCC(C(=O)O)c1cc(F)ccc1F. The molecule has 1 N–H and O–H groups in total. The van der Waals surface area contributed by atoms with Crippen LogP contribution in [0.25, 0.3) is 0 Å². The standard InChI is InChI=1S/C12H14F2O2/c1-2-3-4-9(12(15)16)10-7-8(13)5-6-11(10)14/h5-7,9H,2-4H2,1H3,(H,15,16). The number of hydrogen-bond acceptors (Lipinski definition) is 1. The Bertz CT molecular complexity index is 377. The lowest BCUT2D eigenvalue weighted by Gasteiger charge is -2.13. The van der Waals surface area contributed by atoms with Crippen molar-refractivity contribution < 1.29 is 18.7 Å². The first-order chi connectivity index (χ1) is 7.56. The Morgan fingerprint density at radius 3 is 2.69 bits per heavy atom. The van der Waals surface area contributed by atoms with Crippen LogP contribution in [0.2, 0.25) is 0 Å². The van der Waals surface area contributed by atoms with Gasteiger partial charge in [0.15, 0.2) is 0 Å². The lowest BCUT2D eigenvalue weighted by Crippen LogP contribution is -2.13. The van der Waals surface area contributed by atoms with Crippen LogP contribution in [0.3, 0.4) is 0 Å². The molecule has 88 valence electrons. The smallest absolute Gasteiger partial charge is 0.311 e. The summed E-state index contributed by atoms with van der Waals surface area (Å²) in [5, 5.41) is 8.98. The molecule has 2 nitrogen and oxygen atoms in total. The Hall–Kier alpha value is -1.45. The molecule has 0 radical (unpaired) electrons. The van der Waals surface area contributed by atoms with Gasteiger partial charge in [-0.05, 0) is 24.6 Å². The third-order valence-corrected chi connectivity index (χ3v) is 2.48. The van der Waals surface area contributed by atoms with Crippen LogP contribution in [0.5, 0.6) is 0 Å². The molecule has 0 saturated carbocycles. The van der Waals surface area contributed by atoms with Crippen molar-refractivity contribution in [2.75, 3.05) is 0 Å². The number of carboxylic acid groups (broad SMARTS) is 1. The molecule has 1 aromatic rings. The van der Waals surface area contributed by atoms with E-state index in [4.69, 9.17) is 5.11 Å². The first-order valence-electron chi connectivity index (χ1n) is 5.24. The van der Waals surface area contributed by atoms with Crippen LogP contribution in [0.15, 0.2) is 18.2 Å². The minimum atomic E-state index is -1.11. The minimum absolute atomic E-state index is 0.0686. The Labute approximate surface area is 92.9 Å². The minimum Gasteiger partial charge on any atom is -0.481 e. The van der Waals surface area contributed by atoms with Crippen molar-refractivity contribution in [3.05, 3.63) is 35.4 Å². The van der Waals surface area contributed by atoms with Crippen molar-refractivity contribution in [2.24, 2.45) is 0 Å². The molecule has 0 aromatic heterocycles. The molecule has 4 heteroatoms. The highest BCUT2D eigenvalue weighted by Crippen LogP contribution is 2.25. The average molecular weight is 228 g/mol. The summed E-state index contributed by atoms with van der Waals surface area (Å²) < 4.78 is 26.3. The molecule has 0 spiro atoms. The molecule has 1 rings (SSSR count). The van der Waals surface area contributed by atoms with Crippen LogP contribution in [0.1, 0.15) is 37.7 Å². The van der Waals surface area contributed by atoms with Gasteiger partial charge in [-0.3, -0.25) is 4.79 Å². The highest BCUT2D eigenvalue weighted by molar-refractivity contribution is 5.76. The Kier molecular flexibility index (Phi) is 4.40. The van der Waals surface area contributed by atoms with E-state index in [-0.39, 0.29) is 5.56 Å². The average Bonchev–Trinajstić information content (AvgIpc) is 2.23. The van der Waals surface area contributed by atoms with Gasteiger partial charge in [-0.2, -0.15) is 0 Å². The van der Waals surface area contributed by atoms with Gasteiger partial charge < -0.3 is 5.11 Å². The van der Waals surface area contributed by atoms with E-state index >= 15 is 0 Å². The predicted octanol–water partition coefficient (Wildman–Crippen LogP) is 3.32. The number of halogens is 2. The van der Waals surface area contributed by atoms with E-state index in [0.717, 1.165) is 24.6 Å². The van der Waals surface area contributed by atoms with Crippen LogP contribution in [-0.4, -0.2) is 11.1 Å². The third-order valence-electron chi connectivity index (χ3n) is 2.48. The van der Waals surface area contributed by atoms with Gasteiger partial charge in [0.25, 0.3) is 0 Å². The fraction of sp³-hybridized carbons (Fsp3) is 0.417. The zero-order chi connectivity index (χ0) is 12.1. The van der Waals surface area contributed by atoms with Crippen LogP contribution in [0, 0.1) is 11.6 Å². The maximum Gasteiger partial charge on any atom is 0.311 e. The van der Waals surface area contributed by atoms with Crippen LogP contribution in [0.4, 0.5) is 8.78 Å². The molecule has 0 fully saturated rings. The summed E-state index contributed by atoms with van der Waals surface area (Å²) in [7, 11) is 0. The molecule has 0 amide bonds. The zero-order valence-electron chi connectivity index (χ0n) is 9.04. The van der Waals surface area contributed by atoms with Gasteiger partial charge in [-0.1, -0.05) is 19.8 Å². The number of rotatable bonds is 5. The van der Waals surface area contributed by atoms with Crippen LogP contribution < -0.4 is 0 Å². The first kappa shape index (κ1) is 12.6. The van der Waals surface area contributed by atoms with E-state index in [2.05, 4.69) is 0 Å². The topological polar surface area (TPSA) is 37.3 Å². The number of aliphatic carboxylic acids is 1. The summed E-state index contributed by atoms with van der Waals surface area (Å²) in [5.41, 5.74) is -0.0686. The zero-order valence-corrected chi connectivity index (χ0v) is 9.04. The number of carbonyl (C=O) groups is 1. The molecule has 0 heterocycles. The van der Waals surface area contributed by atoms with Gasteiger partial charge in [0.2, 0.25) is 0 Å². The summed E-state index contributed by atoms with van der Waals surface area (Å²) in [6.45, 7) is 1.92. The van der Waals surface area contributed by atoms with Gasteiger partial charge >= 0.3 is 5.97 Å². The highest BCUT2D eigenvalue weighted by Gasteiger charge is 2.22. The second-order valence-electron chi connectivity index (χ2n) is 3.70. The molecule has 1 aromatic carbocycles. The van der Waals surface area contributed by atoms with Crippen LogP contribution in [-0.2, 0) is 4.79 Å². The molecule has 16 heavy (non-hydrogen) atoms. The van der Waals surface area contributed by atoms with Crippen molar-refractivity contribution in [1.82, 2.24) is 0 Å². The van der Waals surface area contributed by atoms with E-state index in [1.165, 1.54) is 0 Å². The van der Waals surface area contributed by atoms with Crippen molar-refractivity contribution in [3.8, 4) is 0 Å². The van der Waals surface area contributed by atoms with Crippen LogP contribution >= 0.6 is 0 Å². The van der Waals surface area contributed by atoms with E-state index < -0.39 is 23.5 Å². The van der Waals surface area contributed by atoms with Gasteiger partial charge in [0.05, 0.1) is 5.92 Å². The maximum atomic E-state index is 13.4. The summed E-state index contributed by atoms with van der Waals surface area (Å²) in [4.78, 5) is 11.0.